The first kappa shape index (κ1) is 22.7. The molecular weight excluding hydrogens is 377 g/mol. The molecule has 0 atom stereocenters. The Balaban J connectivity index is 2.29. The fourth-order valence-electron chi connectivity index (χ4n) is 2.60. The Morgan fingerprint density at radius 2 is 1.79 bits per heavy atom. The summed E-state index contributed by atoms with van der Waals surface area (Å²) in [5.74, 6) is -0.00498. The Kier molecular flexibility index (Phi) is 6.48. The highest BCUT2D eigenvalue weighted by molar-refractivity contribution is 7.12. The van der Waals surface area contributed by atoms with Crippen molar-refractivity contribution in [3.8, 4) is 0 Å². The van der Waals surface area contributed by atoms with Gasteiger partial charge in [0.05, 0.1) is 16.1 Å². The zero-order valence-electron chi connectivity index (χ0n) is 18.0. The fraction of sp³-hybridized carbons (Fsp3) is 0.600. The molecule has 1 saturated heterocycles. The van der Waals surface area contributed by atoms with Crippen LogP contribution < -0.4 is 5.32 Å². The van der Waals surface area contributed by atoms with Gasteiger partial charge in [0.25, 0.3) is 0 Å². The average molecular weight is 407 g/mol. The molecule has 154 valence electrons. The van der Waals surface area contributed by atoms with E-state index in [9.17, 15) is 9.59 Å². The van der Waals surface area contributed by atoms with Crippen LogP contribution in [0.5, 0.6) is 0 Å². The van der Waals surface area contributed by atoms with Crippen LogP contribution in [0, 0.1) is 0 Å². The smallest absolute Gasteiger partial charge is 0.444 e. The summed E-state index contributed by atoms with van der Waals surface area (Å²) in [6.45, 7) is 15.0. The van der Waals surface area contributed by atoms with E-state index in [1.165, 1.54) is 18.3 Å². The molecule has 8 heteroatoms. The second kappa shape index (κ2) is 8.01. The van der Waals surface area contributed by atoms with E-state index in [-0.39, 0.29) is 12.3 Å². The molecule has 0 saturated carbocycles. The van der Waals surface area contributed by atoms with Crippen molar-refractivity contribution >= 4 is 36.4 Å². The Morgan fingerprint density at radius 3 is 2.29 bits per heavy atom. The molecule has 1 aromatic rings. The summed E-state index contributed by atoms with van der Waals surface area (Å²) in [6, 6.07) is 1.88. The van der Waals surface area contributed by atoms with E-state index in [0.717, 1.165) is 5.56 Å². The van der Waals surface area contributed by atoms with Crippen molar-refractivity contribution in [2.24, 2.45) is 0 Å². The topological polar surface area (TPSA) is 73.9 Å². The van der Waals surface area contributed by atoms with Crippen molar-refractivity contribution < 1.29 is 23.6 Å². The molecule has 0 radical (unpaired) electrons. The number of carbonyl (C=O) groups excluding carboxylic acids is 2. The number of amides is 1. The predicted octanol–water partition coefficient (Wildman–Crippen LogP) is 4.49. The van der Waals surface area contributed by atoms with E-state index in [1.54, 1.807) is 0 Å². The maximum atomic E-state index is 12.1. The van der Waals surface area contributed by atoms with Crippen molar-refractivity contribution in [1.29, 1.82) is 0 Å². The SMILES string of the molecule is CC(=O)c1sccc1C=C(CNC(=O)OC(C)(C)C)B1OC(C)(C)C(C)(C)O1. The molecule has 1 aromatic heterocycles. The summed E-state index contributed by atoms with van der Waals surface area (Å²) in [4.78, 5) is 24.7. The van der Waals surface area contributed by atoms with E-state index < -0.39 is 30.0 Å². The highest BCUT2D eigenvalue weighted by Crippen LogP contribution is 2.39. The minimum atomic E-state index is -0.639. The lowest BCUT2D eigenvalue weighted by atomic mass is 9.77. The number of ketones is 1. The van der Waals surface area contributed by atoms with Crippen LogP contribution in [0.4, 0.5) is 4.79 Å². The third-order valence-corrected chi connectivity index (χ3v) is 5.78. The molecule has 0 bridgehead atoms. The fourth-order valence-corrected chi connectivity index (χ4v) is 3.38. The number of thiophene rings is 1. The first-order valence-corrected chi connectivity index (χ1v) is 10.2. The normalized spacial score (nSPS) is 18.9. The van der Waals surface area contributed by atoms with Gasteiger partial charge in [0.15, 0.2) is 5.78 Å². The number of carbonyl (C=O) groups is 2. The monoisotopic (exact) mass is 407 g/mol. The Morgan fingerprint density at radius 1 is 1.21 bits per heavy atom. The molecule has 0 aromatic carbocycles. The van der Waals surface area contributed by atoms with Crippen molar-refractivity contribution in [3.05, 3.63) is 27.4 Å². The Hall–Kier alpha value is -1.64. The van der Waals surface area contributed by atoms with Crippen molar-refractivity contribution in [3.63, 3.8) is 0 Å². The van der Waals surface area contributed by atoms with Crippen LogP contribution in [0.2, 0.25) is 0 Å². The van der Waals surface area contributed by atoms with E-state index in [1.807, 2.05) is 66.0 Å². The first-order valence-electron chi connectivity index (χ1n) is 9.33. The number of nitrogens with one attached hydrogen (secondary N) is 1. The van der Waals surface area contributed by atoms with Gasteiger partial charge in [-0.1, -0.05) is 6.08 Å². The minimum absolute atomic E-state index is 0.00498. The Labute approximate surface area is 171 Å². The van der Waals surface area contributed by atoms with Gasteiger partial charge in [0.2, 0.25) is 0 Å². The first-order chi connectivity index (χ1) is 12.7. The number of Topliss-reactive ketones (excluding diaryl/α,β-unsaturated/α-hetero) is 1. The number of hydrogen-bond donors (Lipinski definition) is 1. The second-order valence-electron chi connectivity index (χ2n) is 8.92. The molecule has 1 fully saturated rings. The third-order valence-electron chi connectivity index (χ3n) is 4.75. The van der Waals surface area contributed by atoms with Crippen LogP contribution in [-0.4, -0.2) is 42.3 Å². The highest BCUT2D eigenvalue weighted by Gasteiger charge is 2.52. The van der Waals surface area contributed by atoms with E-state index in [4.69, 9.17) is 14.0 Å². The van der Waals surface area contributed by atoms with E-state index in [0.29, 0.717) is 10.3 Å². The van der Waals surface area contributed by atoms with Gasteiger partial charge >= 0.3 is 13.2 Å². The van der Waals surface area contributed by atoms with Crippen LogP contribution in [0.1, 0.15) is 70.6 Å². The number of rotatable bonds is 5. The van der Waals surface area contributed by atoms with Crippen LogP contribution in [-0.2, 0) is 14.0 Å². The lowest BCUT2D eigenvalue weighted by Crippen LogP contribution is -2.41. The summed E-state index contributed by atoms with van der Waals surface area (Å²) in [7, 11) is -0.639. The zero-order chi connectivity index (χ0) is 21.3. The van der Waals surface area contributed by atoms with Crippen molar-refractivity contribution in [2.75, 3.05) is 6.54 Å². The molecule has 2 heterocycles. The summed E-state index contributed by atoms with van der Waals surface area (Å²) >= 11 is 1.39. The standard InChI is InChI=1S/C20H30BNO5S/c1-13(23)16-14(9-10-28-16)11-15(12-22-17(24)25-18(2,3)4)21-26-19(5,6)20(7,8)27-21/h9-11H,12H2,1-8H3,(H,22,24). The second-order valence-corrected chi connectivity index (χ2v) is 9.84. The quantitative estimate of drug-likeness (QED) is 0.575. The number of alkyl carbamates (subject to hydrolysis) is 1. The van der Waals surface area contributed by atoms with Gasteiger partial charge in [-0.25, -0.2) is 4.79 Å². The van der Waals surface area contributed by atoms with E-state index >= 15 is 0 Å². The van der Waals surface area contributed by atoms with Gasteiger partial charge < -0.3 is 19.4 Å². The Bertz CT molecular complexity index is 760. The lowest BCUT2D eigenvalue weighted by molar-refractivity contribution is 0.00578. The van der Waals surface area contributed by atoms with Crippen LogP contribution in [0.3, 0.4) is 0 Å². The summed E-state index contributed by atoms with van der Waals surface area (Å²) in [5, 5.41) is 4.63. The van der Waals surface area contributed by atoms with Crippen LogP contribution in [0.15, 0.2) is 16.9 Å². The highest BCUT2D eigenvalue weighted by atomic mass is 32.1. The molecule has 0 aliphatic carbocycles. The number of hydrogen-bond acceptors (Lipinski definition) is 6. The van der Waals surface area contributed by atoms with Gasteiger partial charge in [0.1, 0.15) is 5.60 Å². The van der Waals surface area contributed by atoms with Crippen molar-refractivity contribution in [1.82, 2.24) is 5.32 Å². The largest absolute Gasteiger partial charge is 0.492 e. The maximum Gasteiger partial charge on any atom is 0.492 e. The van der Waals surface area contributed by atoms with Crippen molar-refractivity contribution in [2.45, 2.75) is 72.2 Å². The molecule has 1 aliphatic heterocycles. The van der Waals surface area contributed by atoms with Gasteiger partial charge in [-0.05, 0) is 77.9 Å². The van der Waals surface area contributed by atoms with Crippen LogP contribution >= 0.6 is 11.3 Å². The average Bonchev–Trinajstić information content (AvgIpc) is 3.04. The molecule has 28 heavy (non-hydrogen) atoms. The van der Waals surface area contributed by atoms with Gasteiger partial charge in [-0.15, -0.1) is 11.3 Å². The molecular formula is C20H30BNO5S. The maximum absolute atomic E-state index is 12.1. The molecule has 0 spiro atoms. The van der Waals surface area contributed by atoms with Crippen LogP contribution in [0.25, 0.3) is 6.08 Å². The van der Waals surface area contributed by atoms with E-state index in [2.05, 4.69) is 5.32 Å². The van der Waals surface area contributed by atoms with Gasteiger partial charge in [-0.2, -0.15) is 0 Å². The number of ether oxygens (including phenoxy) is 1. The lowest BCUT2D eigenvalue weighted by Gasteiger charge is -2.32. The summed E-state index contributed by atoms with van der Waals surface area (Å²) in [5.41, 5.74) is -0.117. The summed E-state index contributed by atoms with van der Waals surface area (Å²) < 4.78 is 17.6. The molecule has 2 rings (SSSR count). The zero-order valence-corrected chi connectivity index (χ0v) is 18.8. The molecule has 6 nitrogen and oxygen atoms in total. The molecule has 1 amide bonds. The minimum Gasteiger partial charge on any atom is -0.444 e. The van der Waals surface area contributed by atoms with Gasteiger partial charge in [-0.3, -0.25) is 4.79 Å². The molecule has 0 unspecified atom stereocenters. The molecule has 1 aliphatic rings. The molecule has 1 N–H and O–H groups in total. The third kappa shape index (κ3) is 5.46. The summed E-state index contributed by atoms with van der Waals surface area (Å²) in [6.07, 6.45) is 1.33. The van der Waals surface area contributed by atoms with Gasteiger partial charge in [0, 0.05) is 6.54 Å². The predicted molar refractivity (Wildman–Crippen MR) is 113 cm³/mol.